The fraction of sp³-hybridized carbons (Fsp3) is 0.276. The van der Waals surface area contributed by atoms with E-state index >= 15 is 0 Å². The number of ether oxygens (including phenoxy) is 1. The molecule has 1 amide bonds. The summed E-state index contributed by atoms with van der Waals surface area (Å²) < 4.78 is 58.4. The van der Waals surface area contributed by atoms with Crippen molar-refractivity contribution in [2.24, 2.45) is 0 Å². The maximum absolute atomic E-state index is 13.5. The maximum atomic E-state index is 13.5. The minimum atomic E-state index is -4.56. The van der Waals surface area contributed by atoms with Crippen LogP contribution in [0.5, 0.6) is 5.75 Å². The van der Waals surface area contributed by atoms with E-state index in [0.717, 1.165) is 46.6 Å². The van der Waals surface area contributed by atoms with Crippen molar-refractivity contribution in [1.29, 1.82) is 0 Å². The molecule has 199 valence electrons. The van der Waals surface area contributed by atoms with Gasteiger partial charge in [-0.2, -0.15) is 13.2 Å². The summed E-state index contributed by atoms with van der Waals surface area (Å²) >= 11 is 0. The molecule has 39 heavy (non-hydrogen) atoms. The molecule has 0 fully saturated rings. The fourth-order valence-corrected chi connectivity index (χ4v) is 4.86. The maximum Gasteiger partial charge on any atom is 0.417 e. The number of rotatable bonds is 6. The minimum absolute atomic E-state index is 0.0873. The van der Waals surface area contributed by atoms with Gasteiger partial charge in [0.25, 0.3) is 5.91 Å². The highest BCUT2D eigenvalue weighted by Gasteiger charge is 2.33. The Balaban J connectivity index is 1.38. The molecule has 0 saturated heterocycles. The average molecular weight is 534 g/mol. The molecule has 0 aliphatic carbocycles. The predicted molar refractivity (Wildman–Crippen MR) is 142 cm³/mol. The number of nitrogens with zero attached hydrogens (tertiary/aromatic N) is 2. The van der Waals surface area contributed by atoms with Gasteiger partial charge in [-0.15, -0.1) is 0 Å². The number of carbonyl (C=O) groups is 1. The number of nitrogens with one attached hydrogen (secondary N) is 1. The van der Waals surface area contributed by atoms with Crippen molar-refractivity contribution in [2.75, 3.05) is 13.7 Å². The molecule has 0 saturated carbocycles. The lowest BCUT2D eigenvalue weighted by Crippen LogP contribution is -2.27. The molecule has 2 aromatic carbocycles. The minimum Gasteiger partial charge on any atom is -0.494 e. The van der Waals surface area contributed by atoms with Crippen molar-refractivity contribution in [1.82, 2.24) is 15.3 Å². The molecule has 1 N–H and O–H groups in total. The summed E-state index contributed by atoms with van der Waals surface area (Å²) in [6.07, 6.45) is -2.54. The second-order valence-corrected chi connectivity index (χ2v) is 10.2. The van der Waals surface area contributed by atoms with Crippen LogP contribution in [-0.2, 0) is 18.0 Å². The van der Waals surface area contributed by atoms with Gasteiger partial charge in [-0.1, -0.05) is 25.6 Å². The molecule has 10 heteroatoms. The third-order valence-electron chi connectivity index (χ3n) is 7.00. The van der Waals surface area contributed by atoms with Gasteiger partial charge in [-0.3, -0.25) is 14.8 Å². The van der Waals surface area contributed by atoms with Gasteiger partial charge in [0.1, 0.15) is 17.1 Å². The zero-order valence-electron chi connectivity index (χ0n) is 21.6. The summed E-state index contributed by atoms with van der Waals surface area (Å²) in [4.78, 5) is 21.7. The lowest BCUT2D eigenvalue weighted by Gasteiger charge is -2.21. The number of halogens is 4. The van der Waals surface area contributed by atoms with Gasteiger partial charge in [-0.05, 0) is 65.1 Å². The number of alkyl halides is 3. The second-order valence-electron chi connectivity index (χ2n) is 10.2. The van der Waals surface area contributed by atoms with Gasteiger partial charge >= 0.3 is 6.18 Å². The van der Waals surface area contributed by atoms with Crippen LogP contribution >= 0.6 is 0 Å². The zero-order chi connectivity index (χ0) is 27.9. The molecule has 0 bridgehead atoms. The van der Waals surface area contributed by atoms with Crippen molar-refractivity contribution in [3.05, 3.63) is 82.9 Å². The Hall–Kier alpha value is -3.95. The molecular weight excluding hydrogens is 509 g/mol. The first-order valence-corrected chi connectivity index (χ1v) is 12.4. The van der Waals surface area contributed by atoms with Gasteiger partial charge in [0.05, 0.1) is 18.4 Å². The van der Waals surface area contributed by atoms with Gasteiger partial charge in [0.15, 0.2) is 7.28 Å². The molecule has 0 spiro atoms. The Bertz CT molecular complexity index is 1570. The highest BCUT2D eigenvalue weighted by molar-refractivity contribution is 6.58. The molecule has 0 atom stereocenters. The highest BCUT2D eigenvalue weighted by atomic mass is 19.4. The second kappa shape index (κ2) is 9.98. The summed E-state index contributed by atoms with van der Waals surface area (Å²) in [6, 6.07) is 12.0. The zero-order valence-corrected chi connectivity index (χ0v) is 21.6. The van der Waals surface area contributed by atoms with Gasteiger partial charge in [0.2, 0.25) is 0 Å². The Morgan fingerprint density at radius 1 is 1.13 bits per heavy atom. The highest BCUT2D eigenvalue weighted by Crippen LogP contribution is 2.35. The van der Waals surface area contributed by atoms with E-state index in [9.17, 15) is 22.4 Å². The third kappa shape index (κ3) is 5.33. The van der Waals surface area contributed by atoms with E-state index in [1.165, 1.54) is 31.4 Å². The summed E-state index contributed by atoms with van der Waals surface area (Å²) in [5, 5.41) is 2.98. The molecule has 1 aliphatic rings. The van der Waals surface area contributed by atoms with Crippen LogP contribution in [0.4, 0.5) is 17.6 Å². The van der Waals surface area contributed by atoms with E-state index in [4.69, 9.17) is 9.72 Å². The van der Waals surface area contributed by atoms with Crippen molar-refractivity contribution >= 4 is 29.6 Å². The van der Waals surface area contributed by atoms with Crippen LogP contribution in [0.15, 0.2) is 54.7 Å². The first-order valence-electron chi connectivity index (χ1n) is 12.4. The smallest absolute Gasteiger partial charge is 0.417 e. The Morgan fingerprint density at radius 2 is 1.87 bits per heavy atom. The van der Waals surface area contributed by atoms with Crippen molar-refractivity contribution in [3.8, 4) is 17.0 Å². The average Bonchev–Trinajstić information content (AvgIpc) is 3.21. The van der Waals surface area contributed by atoms with E-state index in [1.807, 2.05) is 6.07 Å². The van der Waals surface area contributed by atoms with E-state index in [0.29, 0.717) is 6.42 Å². The lowest BCUT2D eigenvalue weighted by atomic mass is 9.68. The molecule has 2 aromatic heterocycles. The van der Waals surface area contributed by atoms with E-state index in [-0.39, 0.29) is 40.0 Å². The number of methoxy groups -OCH3 is 1. The van der Waals surface area contributed by atoms with Crippen molar-refractivity contribution in [2.45, 2.75) is 38.2 Å². The van der Waals surface area contributed by atoms with Crippen LogP contribution in [0.3, 0.4) is 0 Å². The lowest BCUT2D eigenvalue weighted by molar-refractivity contribution is -0.137. The van der Waals surface area contributed by atoms with Crippen LogP contribution in [-0.4, -0.2) is 36.8 Å². The predicted octanol–water partition coefficient (Wildman–Crippen LogP) is 5.47. The SMILES string of the molecule is COc1cc(C(=O)NCCc2cc3c(c(-c4ccc(F)cc4)n2)[B]CC3(C)C)cc2cc(C(F)(F)F)cnc12. The van der Waals surface area contributed by atoms with Crippen LogP contribution in [0.25, 0.3) is 22.2 Å². The number of hydrogen-bond acceptors (Lipinski definition) is 4. The molecule has 5 nitrogen and oxygen atoms in total. The van der Waals surface area contributed by atoms with Crippen LogP contribution in [0.1, 0.15) is 41.0 Å². The molecule has 1 radical (unpaired) electrons. The summed E-state index contributed by atoms with van der Waals surface area (Å²) in [5.41, 5.74) is 3.92. The van der Waals surface area contributed by atoms with E-state index < -0.39 is 17.6 Å². The summed E-state index contributed by atoms with van der Waals surface area (Å²) in [6.45, 7) is 4.56. The van der Waals surface area contributed by atoms with Crippen molar-refractivity contribution < 1.29 is 27.1 Å². The quantitative estimate of drug-likeness (QED) is 0.263. The molecule has 0 unspecified atom stereocenters. The number of benzene rings is 2. The summed E-state index contributed by atoms with van der Waals surface area (Å²) in [7, 11) is 3.52. The first kappa shape index (κ1) is 26.7. The van der Waals surface area contributed by atoms with Gasteiger partial charge in [0, 0.05) is 35.8 Å². The molecule has 3 heterocycles. The van der Waals surface area contributed by atoms with Crippen LogP contribution in [0.2, 0.25) is 6.32 Å². The number of carbonyl (C=O) groups excluding carboxylic acids is 1. The standard InChI is InChI=1S/C29H25BF4N3O2/c1-28(2)15-30-24-22(28)13-21(37-26(24)16-4-6-20(31)7-5-16)8-9-35-27(38)18-10-17-11-19(29(32,33)34)14-36-25(17)23(12-18)39-3/h4-7,10-14H,8-9,15H2,1-3H3,(H,35,38). The normalized spacial score (nSPS) is 14.1. The molecule has 5 rings (SSSR count). The summed E-state index contributed by atoms with van der Waals surface area (Å²) in [5.74, 6) is -0.579. The number of amides is 1. The Labute approximate surface area is 223 Å². The molecule has 1 aliphatic heterocycles. The van der Waals surface area contributed by atoms with E-state index in [2.05, 4.69) is 31.4 Å². The monoisotopic (exact) mass is 534 g/mol. The number of pyridine rings is 2. The molecular formula is C29H25BF4N3O2. The van der Waals surface area contributed by atoms with Crippen LogP contribution in [0, 0.1) is 5.82 Å². The van der Waals surface area contributed by atoms with Gasteiger partial charge < -0.3 is 10.1 Å². The third-order valence-corrected chi connectivity index (χ3v) is 7.00. The Morgan fingerprint density at radius 3 is 2.56 bits per heavy atom. The number of fused-ring (bicyclic) bond motifs is 2. The van der Waals surface area contributed by atoms with Crippen molar-refractivity contribution in [3.63, 3.8) is 0 Å². The van der Waals surface area contributed by atoms with E-state index in [1.54, 1.807) is 12.1 Å². The largest absolute Gasteiger partial charge is 0.494 e. The fourth-order valence-electron chi connectivity index (χ4n) is 4.86. The number of aromatic nitrogens is 2. The van der Waals surface area contributed by atoms with Crippen LogP contribution < -0.4 is 15.5 Å². The first-order chi connectivity index (χ1) is 18.5. The molecule has 4 aromatic rings. The Kier molecular flexibility index (Phi) is 6.82. The number of hydrogen-bond donors (Lipinski definition) is 1. The van der Waals surface area contributed by atoms with Gasteiger partial charge in [-0.25, -0.2) is 4.39 Å². The topological polar surface area (TPSA) is 64.1 Å².